The molecule has 1 aliphatic rings. The highest BCUT2D eigenvalue weighted by molar-refractivity contribution is 6.03. The SMILES string of the molecule is COC(=O)CC1C(=O)N(C)Cc2ccccc2N1C(=O)N(CCCCNC(=O)OC(C)(C)C)Cc1nc2ccccc2[nH]1. The minimum absolute atomic E-state index is 0.140. The number of aromatic nitrogens is 2. The molecule has 0 aliphatic carbocycles. The molecule has 3 aromatic rings. The molecule has 0 saturated heterocycles. The number of nitrogens with zero attached hydrogens (tertiary/aromatic N) is 4. The van der Waals surface area contributed by atoms with Crippen molar-refractivity contribution in [3.05, 3.63) is 59.9 Å². The lowest BCUT2D eigenvalue weighted by atomic mass is 10.1. The Labute approximate surface area is 251 Å². The molecule has 1 atom stereocenters. The third-order valence-corrected chi connectivity index (χ3v) is 7.00. The van der Waals surface area contributed by atoms with E-state index in [0.717, 1.165) is 16.6 Å². The molecule has 0 radical (unpaired) electrons. The summed E-state index contributed by atoms with van der Waals surface area (Å²) < 4.78 is 10.2. The highest BCUT2D eigenvalue weighted by Crippen LogP contribution is 2.31. The molecular formula is C31H40N6O6. The van der Waals surface area contributed by atoms with Gasteiger partial charge in [0.2, 0.25) is 5.91 Å². The number of anilines is 1. The smallest absolute Gasteiger partial charge is 0.407 e. The molecule has 12 nitrogen and oxygen atoms in total. The highest BCUT2D eigenvalue weighted by Gasteiger charge is 2.40. The summed E-state index contributed by atoms with van der Waals surface area (Å²) in [5.41, 5.74) is 2.35. The molecule has 1 unspecified atom stereocenters. The Morgan fingerprint density at radius 2 is 1.81 bits per heavy atom. The first-order valence-corrected chi connectivity index (χ1v) is 14.3. The quantitative estimate of drug-likeness (QED) is 0.281. The maximum Gasteiger partial charge on any atom is 0.407 e. The second-order valence-electron chi connectivity index (χ2n) is 11.5. The number of ether oxygens (including phenoxy) is 2. The Balaban J connectivity index is 1.61. The number of likely N-dealkylation sites (N-methyl/N-ethyl adjacent to an activating group) is 1. The van der Waals surface area contributed by atoms with Crippen molar-refractivity contribution in [2.75, 3.05) is 32.1 Å². The second-order valence-corrected chi connectivity index (χ2v) is 11.5. The summed E-state index contributed by atoms with van der Waals surface area (Å²) in [5, 5.41) is 2.74. The third kappa shape index (κ3) is 8.02. The Morgan fingerprint density at radius 1 is 1.09 bits per heavy atom. The number of nitrogens with one attached hydrogen (secondary N) is 2. The summed E-state index contributed by atoms with van der Waals surface area (Å²) in [6, 6.07) is 13.4. The monoisotopic (exact) mass is 592 g/mol. The average molecular weight is 593 g/mol. The van der Waals surface area contributed by atoms with Gasteiger partial charge in [-0.1, -0.05) is 30.3 Å². The van der Waals surface area contributed by atoms with Crippen LogP contribution in [0, 0.1) is 0 Å². The van der Waals surface area contributed by atoms with Gasteiger partial charge in [-0.25, -0.2) is 14.6 Å². The van der Waals surface area contributed by atoms with E-state index < -0.39 is 29.7 Å². The van der Waals surface area contributed by atoms with Gasteiger partial charge >= 0.3 is 18.1 Å². The van der Waals surface area contributed by atoms with E-state index in [9.17, 15) is 19.2 Å². The molecule has 0 spiro atoms. The van der Waals surface area contributed by atoms with E-state index in [2.05, 4.69) is 15.3 Å². The number of imidazole rings is 1. The maximum atomic E-state index is 14.5. The van der Waals surface area contributed by atoms with Gasteiger partial charge in [0, 0.05) is 26.7 Å². The number of benzene rings is 2. The van der Waals surface area contributed by atoms with Crippen molar-refractivity contribution in [2.24, 2.45) is 0 Å². The van der Waals surface area contributed by atoms with E-state index in [0.29, 0.717) is 37.4 Å². The first-order valence-electron chi connectivity index (χ1n) is 14.3. The summed E-state index contributed by atoms with van der Waals surface area (Å²) >= 11 is 0. The molecule has 230 valence electrons. The van der Waals surface area contributed by atoms with Gasteiger partial charge < -0.3 is 29.6 Å². The molecule has 1 aliphatic heterocycles. The van der Waals surface area contributed by atoms with Crippen molar-refractivity contribution in [3.63, 3.8) is 0 Å². The topological polar surface area (TPSA) is 137 Å². The number of H-pyrrole nitrogens is 1. The lowest BCUT2D eigenvalue weighted by molar-refractivity contribution is -0.144. The number of aromatic amines is 1. The fourth-order valence-electron chi connectivity index (χ4n) is 4.99. The standard InChI is InChI=1S/C31H40N6O6/c1-31(2,3)43-29(40)32-16-10-11-17-36(20-26-33-22-13-7-8-14-23(22)34-26)30(41)37-24-15-9-6-12-21(24)19-35(4)28(39)25(37)18-27(38)42-5/h6-9,12-15,25H,10-11,16-20H2,1-5H3,(H,32,40)(H,33,34). The van der Waals surface area contributed by atoms with Crippen LogP contribution in [0.5, 0.6) is 0 Å². The van der Waals surface area contributed by atoms with E-state index in [1.54, 1.807) is 44.9 Å². The van der Waals surface area contributed by atoms with Gasteiger partial charge in [-0.3, -0.25) is 14.5 Å². The Morgan fingerprint density at radius 3 is 2.53 bits per heavy atom. The van der Waals surface area contributed by atoms with E-state index >= 15 is 0 Å². The number of fused-ring (bicyclic) bond motifs is 2. The molecule has 2 aromatic carbocycles. The third-order valence-electron chi connectivity index (χ3n) is 7.00. The van der Waals surface area contributed by atoms with Crippen molar-refractivity contribution < 1.29 is 28.7 Å². The molecule has 1 aromatic heterocycles. The van der Waals surface area contributed by atoms with Crippen LogP contribution in [-0.4, -0.2) is 82.7 Å². The van der Waals surface area contributed by atoms with Crippen molar-refractivity contribution in [3.8, 4) is 0 Å². The summed E-state index contributed by atoms with van der Waals surface area (Å²) in [7, 11) is 2.91. The summed E-state index contributed by atoms with van der Waals surface area (Å²) in [5.74, 6) is -0.376. The second kappa shape index (κ2) is 13.6. The minimum Gasteiger partial charge on any atom is -0.469 e. The van der Waals surface area contributed by atoms with Crippen LogP contribution in [0.3, 0.4) is 0 Å². The first kappa shape index (κ1) is 31.3. The van der Waals surface area contributed by atoms with Crippen LogP contribution in [0.4, 0.5) is 15.3 Å². The number of hydrogen-bond donors (Lipinski definition) is 2. The van der Waals surface area contributed by atoms with Gasteiger partial charge in [0.05, 0.1) is 36.8 Å². The van der Waals surface area contributed by atoms with Crippen molar-refractivity contribution in [2.45, 2.75) is 64.8 Å². The summed E-state index contributed by atoms with van der Waals surface area (Å²) in [6.45, 7) is 6.49. The van der Waals surface area contributed by atoms with Crippen LogP contribution < -0.4 is 10.2 Å². The van der Waals surface area contributed by atoms with Crippen molar-refractivity contribution in [1.82, 2.24) is 25.1 Å². The number of unbranched alkanes of at least 4 members (excludes halogenated alkanes) is 1. The van der Waals surface area contributed by atoms with Gasteiger partial charge in [0.15, 0.2) is 0 Å². The number of urea groups is 1. The predicted octanol–water partition coefficient (Wildman–Crippen LogP) is 4.20. The largest absolute Gasteiger partial charge is 0.469 e. The molecule has 2 heterocycles. The molecule has 43 heavy (non-hydrogen) atoms. The number of methoxy groups -OCH3 is 1. The van der Waals surface area contributed by atoms with Crippen molar-refractivity contribution in [1.29, 1.82) is 0 Å². The molecule has 12 heteroatoms. The van der Waals surface area contributed by atoms with Gasteiger partial charge in [0.25, 0.3) is 0 Å². The number of amides is 4. The minimum atomic E-state index is -1.10. The zero-order valence-electron chi connectivity index (χ0n) is 25.4. The van der Waals surface area contributed by atoms with E-state index in [-0.39, 0.29) is 25.4 Å². The number of hydrogen-bond acceptors (Lipinski definition) is 7. The average Bonchev–Trinajstić information content (AvgIpc) is 3.33. The van der Waals surface area contributed by atoms with Crippen molar-refractivity contribution >= 4 is 40.7 Å². The fourth-order valence-corrected chi connectivity index (χ4v) is 4.99. The normalized spacial score (nSPS) is 15.1. The van der Waals surface area contributed by atoms with Crippen LogP contribution in [0.2, 0.25) is 0 Å². The van der Waals surface area contributed by atoms with Gasteiger partial charge in [-0.05, 0) is 57.4 Å². The predicted molar refractivity (Wildman–Crippen MR) is 161 cm³/mol. The lowest BCUT2D eigenvalue weighted by Crippen LogP contribution is -2.54. The zero-order valence-corrected chi connectivity index (χ0v) is 25.4. The number of esters is 1. The Bertz CT molecular complexity index is 1430. The van der Waals surface area contributed by atoms with E-state index in [1.165, 1.54) is 16.9 Å². The summed E-state index contributed by atoms with van der Waals surface area (Å²) in [6.07, 6.45) is 0.329. The fraction of sp³-hybridized carbons (Fsp3) is 0.452. The molecule has 4 rings (SSSR count). The van der Waals surface area contributed by atoms with Gasteiger partial charge in [0.1, 0.15) is 17.5 Å². The molecule has 2 N–H and O–H groups in total. The van der Waals surface area contributed by atoms with Crippen LogP contribution in [0.15, 0.2) is 48.5 Å². The molecular weight excluding hydrogens is 552 g/mol. The highest BCUT2D eigenvalue weighted by atomic mass is 16.6. The van der Waals surface area contributed by atoms with Crippen LogP contribution in [0.25, 0.3) is 11.0 Å². The van der Waals surface area contributed by atoms with Crippen LogP contribution in [0.1, 0.15) is 51.4 Å². The molecule has 0 bridgehead atoms. The van der Waals surface area contributed by atoms with E-state index in [1.807, 2.05) is 36.4 Å². The zero-order chi connectivity index (χ0) is 31.1. The lowest BCUT2D eigenvalue weighted by Gasteiger charge is -2.34. The van der Waals surface area contributed by atoms with Crippen LogP contribution >= 0.6 is 0 Å². The molecule has 0 saturated carbocycles. The maximum absolute atomic E-state index is 14.5. The number of carbonyl (C=O) groups excluding carboxylic acids is 4. The summed E-state index contributed by atoms with van der Waals surface area (Å²) in [4.78, 5) is 65.1. The van der Waals surface area contributed by atoms with Gasteiger partial charge in [-0.15, -0.1) is 0 Å². The molecule has 0 fully saturated rings. The number of alkyl carbamates (subject to hydrolysis) is 1. The van der Waals surface area contributed by atoms with Crippen LogP contribution in [-0.2, 0) is 32.2 Å². The Hall–Kier alpha value is -4.61. The first-order chi connectivity index (χ1) is 20.5. The number of rotatable bonds is 9. The van der Waals surface area contributed by atoms with Gasteiger partial charge in [-0.2, -0.15) is 0 Å². The Kier molecular flexibility index (Phi) is 9.89. The van der Waals surface area contributed by atoms with E-state index in [4.69, 9.17) is 9.47 Å². The molecule has 4 amide bonds. The number of carbonyl (C=O) groups is 4. The number of para-hydroxylation sites is 3.